The highest BCUT2D eigenvalue weighted by molar-refractivity contribution is 6.32. The number of nitrogens with one attached hydrogen (secondary N) is 2. The van der Waals surface area contributed by atoms with Gasteiger partial charge < -0.3 is 10.6 Å². The Kier molecular flexibility index (Phi) is 7.53. The van der Waals surface area contributed by atoms with E-state index < -0.39 is 5.92 Å². The SMILES string of the molecule is CCC(=O)Nc1cccc(C(=O)Nc2cc(Cl)c(C(C#N)c3ccc(Cl)cc3)cc2C)c1. The molecule has 1 unspecified atom stereocenters. The Morgan fingerprint density at radius 3 is 2.41 bits per heavy atom. The Hall–Kier alpha value is -3.33. The molecule has 0 saturated heterocycles. The first-order chi connectivity index (χ1) is 15.3. The van der Waals surface area contributed by atoms with E-state index in [1.165, 1.54) is 0 Å². The number of carbonyl (C=O) groups is 2. The predicted molar refractivity (Wildman–Crippen MR) is 128 cm³/mol. The van der Waals surface area contributed by atoms with Crippen LogP contribution < -0.4 is 10.6 Å². The van der Waals surface area contributed by atoms with Crippen molar-refractivity contribution in [1.82, 2.24) is 0 Å². The molecule has 0 saturated carbocycles. The summed E-state index contributed by atoms with van der Waals surface area (Å²) < 4.78 is 0. The van der Waals surface area contributed by atoms with Crippen LogP contribution in [-0.2, 0) is 4.79 Å². The molecule has 0 aromatic heterocycles. The number of nitriles is 1. The fourth-order valence-electron chi connectivity index (χ4n) is 3.22. The van der Waals surface area contributed by atoms with Crippen LogP contribution >= 0.6 is 23.2 Å². The van der Waals surface area contributed by atoms with Gasteiger partial charge in [-0.05, 0) is 60.0 Å². The molecule has 0 fully saturated rings. The molecule has 3 aromatic rings. The van der Waals surface area contributed by atoms with Gasteiger partial charge in [-0.15, -0.1) is 0 Å². The topological polar surface area (TPSA) is 82.0 Å². The van der Waals surface area contributed by atoms with Crippen molar-refractivity contribution in [2.75, 3.05) is 10.6 Å². The average molecular weight is 466 g/mol. The van der Waals surface area contributed by atoms with Crippen molar-refractivity contribution < 1.29 is 9.59 Å². The zero-order valence-corrected chi connectivity index (χ0v) is 19.1. The van der Waals surface area contributed by atoms with Gasteiger partial charge in [-0.25, -0.2) is 0 Å². The van der Waals surface area contributed by atoms with Gasteiger partial charge in [0, 0.05) is 33.4 Å². The third-order valence-corrected chi connectivity index (χ3v) is 5.54. The van der Waals surface area contributed by atoms with Gasteiger partial charge in [0.1, 0.15) is 0 Å². The zero-order chi connectivity index (χ0) is 23.3. The number of carbonyl (C=O) groups excluding carboxylic acids is 2. The van der Waals surface area contributed by atoms with Gasteiger partial charge in [0.15, 0.2) is 0 Å². The highest BCUT2D eigenvalue weighted by Crippen LogP contribution is 2.34. The second kappa shape index (κ2) is 10.3. The number of hydrogen-bond donors (Lipinski definition) is 2. The molecule has 3 aromatic carbocycles. The van der Waals surface area contributed by atoms with Crippen molar-refractivity contribution in [3.8, 4) is 6.07 Å². The van der Waals surface area contributed by atoms with Crippen molar-refractivity contribution >= 4 is 46.4 Å². The normalized spacial score (nSPS) is 11.3. The minimum Gasteiger partial charge on any atom is -0.326 e. The zero-order valence-electron chi connectivity index (χ0n) is 17.6. The van der Waals surface area contributed by atoms with Crippen molar-refractivity contribution in [3.05, 3.63) is 93.0 Å². The van der Waals surface area contributed by atoms with E-state index in [0.29, 0.717) is 39.0 Å². The lowest BCUT2D eigenvalue weighted by Crippen LogP contribution is -2.15. The Balaban J connectivity index is 1.84. The first-order valence-electron chi connectivity index (χ1n) is 9.98. The van der Waals surface area contributed by atoms with E-state index >= 15 is 0 Å². The van der Waals surface area contributed by atoms with Crippen LogP contribution in [0.4, 0.5) is 11.4 Å². The van der Waals surface area contributed by atoms with Gasteiger partial charge in [0.05, 0.1) is 12.0 Å². The van der Waals surface area contributed by atoms with E-state index in [2.05, 4.69) is 16.7 Å². The number of amides is 2. The van der Waals surface area contributed by atoms with Crippen LogP contribution in [0.25, 0.3) is 0 Å². The summed E-state index contributed by atoms with van der Waals surface area (Å²) in [4.78, 5) is 24.4. The number of aryl methyl sites for hydroxylation is 1. The smallest absolute Gasteiger partial charge is 0.255 e. The summed E-state index contributed by atoms with van der Waals surface area (Å²) in [6, 6.07) is 19.5. The summed E-state index contributed by atoms with van der Waals surface area (Å²) in [5.74, 6) is -1.03. The van der Waals surface area contributed by atoms with Crippen LogP contribution in [0.5, 0.6) is 0 Å². The van der Waals surface area contributed by atoms with Gasteiger partial charge in [-0.1, -0.05) is 54.4 Å². The van der Waals surface area contributed by atoms with Crippen LogP contribution in [0.3, 0.4) is 0 Å². The first kappa shape index (κ1) is 23.3. The highest BCUT2D eigenvalue weighted by atomic mass is 35.5. The van der Waals surface area contributed by atoms with Gasteiger partial charge >= 0.3 is 0 Å². The van der Waals surface area contributed by atoms with Crippen LogP contribution in [-0.4, -0.2) is 11.8 Å². The number of benzene rings is 3. The van der Waals surface area contributed by atoms with E-state index in [0.717, 1.165) is 11.1 Å². The second-order valence-corrected chi connectivity index (χ2v) is 8.08. The van der Waals surface area contributed by atoms with Gasteiger partial charge in [-0.3, -0.25) is 9.59 Å². The molecule has 5 nitrogen and oxygen atoms in total. The maximum atomic E-state index is 12.8. The van der Waals surface area contributed by atoms with E-state index in [4.69, 9.17) is 23.2 Å². The van der Waals surface area contributed by atoms with Crippen LogP contribution in [0, 0.1) is 18.3 Å². The Morgan fingerprint density at radius 2 is 1.75 bits per heavy atom. The molecule has 0 aliphatic rings. The molecule has 0 spiro atoms. The summed E-state index contributed by atoms with van der Waals surface area (Å²) in [7, 11) is 0. The quantitative estimate of drug-likeness (QED) is 0.432. The van der Waals surface area contributed by atoms with Crippen molar-refractivity contribution in [3.63, 3.8) is 0 Å². The minimum absolute atomic E-state index is 0.131. The van der Waals surface area contributed by atoms with Crippen LogP contribution in [0.2, 0.25) is 10.0 Å². The molecule has 2 N–H and O–H groups in total. The molecule has 162 valence electrons. The highest BCUT2D eigenvalue weighted by Gasteiger charge is 2.19. The second-order valence-electron chi connectivity index (χ2n) is 7.24. The molecule has 0 heterocycles. The van der Waals surface area contributed by atoms with Gasteiger partial charge in [0.25, 0.3) is 5.91 Å². The van der Waals surface area contributed by atoms with Crippen molar-refractivity contribution in [2.45, 2.75) is 26.2 Å². The molecular weight excluding hydrogens is 445 g/mol. The fraction of sp³-hybridized carbons (Fsp3) is 0.160. The van der Waals surface area contributed by atoms with Gasteiger partial charge in [-0.2, -0.15) is 5.26 Å². The minimum atomic E-state index is -0.568. The monoisotopic (exact) mass is 465 g/mol. The molecule has 2 amide bonds. The van der Waals surface area contributed by atoms with Crippen LogP contribution in [0.1, 0.15) is 46.3 Å². The first-order valence-corrected chi connectivity index (χ1v) is 10.7. The molecule has 0 aliphatic heterocycles. The third-order valence-electron chi connectivity index (χ3n) is 4.96. The summed E-state index contributed by atoms with van der Waals surface area (Å²) in [5, 5.41) is 16.3. The lowest BCUT2D eigenvalue weighted by Gasteiger charge is -2.16. The molecule has 0 radical (unpaired) electrons. The predicted octanol–water partition coefficient (Wildman–Crippen LogP) is 6.56. The average Bonchev–Trinajstić information content (AvgIpc) is 2.78. The number of halogens is 2. The molecule has 1 atom stereocenters. The maximum absolute atomic E-state index is 12.8. The van der Waals surface area contributed by atoms with Gasteiger partial charge in [0.2, 0.25) is 5.91 Å². The van der Waals surface area contributed by atoms with Crippen molar-refractivity contribution in [1.29, 1.82) is 5.26 Å². The largest absolute Gasteiger partial charge is 0.326 e. The lowest BCUT2D eigenvalue weighted by atomic mass is 9.91. The Morgan fingerprint density at radius 1 is 1.03 bits per heavy atom. The summed E-state index contributed by atoms with van der Waals surface area (Å²) in [6.45, 7) is 3.59. The molecule has 3 rings (SSSR count). The summed E-state index contributed by atoms with van der Waals surface area (Å²) in [6.07, 6.45) is 0.347. The number of nitrogens with zero attached hydrogens (tertiary/aromatic N) is 1. The van der Waals surface area contributed by atoms with Crippen LogP contribution in [0.15, 0.2) is 60.7 Å². The standard InChI is InChI=1S/C25H21Cl2N3O2/c1-3-24(31)29-19-6-4-5-17(12-19)25(32)30-23-13-22(27)20(11-15(23)2)21(14-28)16-7-9-18(26)10-8-16/h4-13,21H,3H2,1-2H3,(H,29,31)(H,30,32). The van der Waals surface area contributed by atoms with E-state index in [1.807, 2.05) is 6.92 Å². The van der Waals surface area contributed by atoms with E-state index in [1.54, 1.807) is 67.6 Å². The number of hydrogen-bond acceptors (Lipinski definition) is 3. The molecule has 7 heteroatoms. The van der Waals surface area contributed by atoms with Crippen molar-refractivity contribution in [2.24, 2.45) is 0 Å². The molecule has 0 bridgehead atoms. The van der Waals surface area contributed by atoms with E-state index in [-0.39, 0.29) is 11.8 Å². The summed E-state index contributed by atoms with van der Waals surface area (Å²) >= 11 is 12.5. The summed E-state index contributed by atoms with van der Waals surface area (Å²) in [5.41, 5.74) is 3.68. The maximum Gasteiger partial charge on any atom is 0.255 e. The Bertz CT molecular complexity index is 1200. The number of anilines is 2. The lowest BCUT2D eigenvalue weighted by molar-refractivity contribution is -0.115. The van der Waals surface area contributed by atoms with E-state index in [9.17, 15) is 14.9 Å². The fourth-order valence-corrected chi connectivity index (χ4v) is 3.62. The third kappa shape index (κ3) is 5.47. The molecule has 0 aliphatic carbocycles. The molecular formula is C25H21Cl2N3O2. The molecule has 32 heavy (non-hydrogen) atoms. The Labute approximate surface area is 197 Å². The number of rotatable bonds is 6.